The quantitative estimate of drug-likeness (QED) is 0.524. The number of methoxy groups -OCH3 is 1. The Labute approximate surface area is 95.3 Å². The van der Waals surface area contributed by atoms with Crippen molar-refractivity contribution in [1.29, 1.82) is 0 Å². The summed E-state index contributed by atoms with van der Waals surface area (Å²) in [6, 6.07) is 0. The van der Waals surface area contributed by atoms with Crippen LogP contribution < -0.4 is 0 Å². The number of hydrogen-bond acceptors (Lipinski definition) is 5. The van der Waals surface area contributed by atoms with Gasteiger partial charge in [-0.3, -0.25) is 0 Å². The van der Waals surface area contributed by atoms with E-state index in [2.05, 4.69) is 13.8 Å². The van der Waals surface area contributed by atoms with Crippen LogP contribution in [0.5, 0.6) is 0 Å². The fraction of sp³-hybridized carbons (Fsp3) is 1.00. The minimum absolute atomic E-state index is 0.00160. The Balaban J connectivity index is 3.17. The molecule has 0 bridgehead atoms. The summed E-state index contributed by atoms with van der Waals surface area (Å²) in [5.41, 5.74) is 0. The summed E-state index contributed by atoms with van der Waals surface area (Å²) < 4.78 is 77.7. The molecule has 0 saturated carbocycles. The standard InChI is InChI=1S/C4H10F5N4OP3/c1-13(3-4-14-2)17(9)11-15(5,6)10-16(7,8)12-17/h3-4H2,1-2H3. The van der Waals surface area contributed by atoms with E-state index in [1.165, 1.54) is 7.11 Å². The predicted molar refractivity (Wildman–Crippen MR) is 58.1 cm³/mol. The van der Waals surface area contributed by atoms with Crippen molar-refractivity contribution in [2.24, 2.45) is 13.5 Å². The van der Waals surface area contributed by atoms with Crippen LogP contribution in [0.2, 0.25) is 0 Å². The molecule has 102 valence electrons. The Kier molecular flexibility index (Phi) is 4.59. The topological polar surface area (TPSA) is 49.5 Å². The van der Waals surface area contributed by atoms with E-state index in [0.29, 0.717) is 4.67 Å². The molecule has 0 saturated heterocycles. The zero-order chi connectivity index (χ0) is 13.3. The van der Waals surface area contributed by atoms with Gasteiger partial charge in [-0.1, -0.05) is 0 Å². The van der Waals surface area contributed by atoms with Gasteiger partial charge in [0.05, 0.1) is 6.61 Å². The average molecular weight is 318 g/mol. The number of rotatable bonds is 4. The third kappa shape index (κ3) is 4.14. The van der Waals surface area contributed by atoms with Gasteiger partial charge in [-0.25, -0.2) is 4.67 Å². The van der Waals surface area contributed by atoms with Crippen LogP contribution in [-0.2, 0) is 4.74 Å². The predicted octanol–water partition coefficient (Wildman–Crippen LogP) is 5.26. The number of ether oxygens (including phenoxy) is 1. The summed E-state index contributed by atoms with van der Waals surface area (Å²) >= 11 is 0. The molecule has 0 fully saturated rings. The molecule has 0 radical (unpaired) electrons. The van der Waals surface area contributed by atoms with Crippen molar-refractivity contribution in [3.05, 3.63) is 0 Å². The third-order valence-electron chi connectivity index (χ3n) is 1.71. The number of halogens is 5. The second kappa shape index (κ2) is 5.10. The second-order valence-corrected chi connectivity index (χ2v) is 8.69. The van der Waals surface area contributed by atoms with Crippen LogP contribution in [0.25, 0.3) is 0 Å². The lowest BCUT2D eigenvalue weighted by Crippen LogP contribution is -2.17. The molecule has 0 spiro atoms. The molecule has 0 amide bonds. The maximum absolute atomic E-state index is 14.0. The van der Waals surface area contributed by atoms with Crippen molar-refractivity contribution in [2.45, 2.75) is 0 Å². The van der Waals surface area contributed by atoms with E-state index in [1.54, 1.807) is 0 Å². The highest BCUT2D eigenvalue weighted by molar-refractivity contribution is 7.78. The van der Waals surface area contributed by atoms with E-state index in [4.69, 9.17) is 0 Å². The minimum atomic E-state index is -5.62. The van der Waals surface area contributed by atoms with Crippen LogP contribution in [0.15, 0.2) is 13.5 Å². The van der Waals surface area contributed by atoms with E-state index < -0.39 is 23.3 Å². The van der Waals surface area contributed by atoms with Crippen LogP contribution in [0.1, 0.15) is 0 Å². The zero-order valence-electron chi connectivity index (χ0n) is 8.84. The molecule has 1 unspecified atom stereocenters. The molecular weight excluding hydrogens is 308 g/mol. The molecule has 1 atom stereocenters. The van der Waals surface area contributed by atoms with Gasteiger partial charge in [0.2, 0.25) is 0 Å². The summed E-state index contributed by atoms with van der Waals surface area (Å²) in [5, 5.41) is 0. The van der Waals surface area contributed by atoms with Gasteiger partial charge in [0.25, 0.3) is 0 Å². The average Bonchev–Trinajstić information content (AvgIpc) is 2.07. The fourth-order valence-electron chi connectivity index (χ4n) is 0.944. The van der Waals surface area contributed by atoms with Gasteiger partial charge in [0.1, 0.15) is 0 Å². The summed E-state index contributed by atoms with van der Waals surface area (Å²) in [5.74, 6) is 0. The van der Waals surface area contributed by atoms with Gasteiger partial charge in [-0.05, 0) is 7.05 Å². The van der Waals surface area contributed by atoms with Gasteiger partial charge < -0.3 is 4.74 Å². The van der Waals surface area contributed by atoms with Gasteiger partial charge in [0.15, 0.2) is 0 Å². The maximum atomic E-state index is 14.0. The van der Waals surface area contributed by atoms with E-state index >= 15 is 0 Å². The van der Waals surface area contributed by atoms with E-state index in [1.807, 2.05) is 4.52 Å². The molecule has 0 aromatic carbocycles. The number of nitrogens with zero attached hydrogens (tertiary/aromatic N) is 4. The summed E-state index contributed by atoms with van der Waals surface area (Å²) in [7, 11) is -13.6. The monoisotopic (exact) mass is 318 g/mol. The lowest BCUT2D eigenvalue weighted by atomic mass is 10.7. The van der Waals surface area contributed by atoms with Crippen LogP contribution in [0.4, 0.5) is 21.0 Å². The summed E-state index contributed by atoms with van der Waals surface area (Å²) in [4.78, 5) is 0. The third-order valence-corrected chi connectivity index (χ3v) is 8.04. The lowest BCUT2D eigenvalue weighted by Gasteiger charge is -2.24. The van der Waals surface area contributed by atoms with Crippen LogP contribution in [0, 0.1) is 0 Å². The zero-order valence-corrected chi connectivity index (χ0v) is 11.5. The first-order chi connectivity index (χ1) is 7.60. The van der Waals surface area contributed by atoms with E-state index in [9.17, 15) is 21.0 Å². The van der Waals surface area contributed by atoms with Crippen molar-refractivity contribution < 1.29 is 25.7 Å². The molecule has 0 aromatic heterocycles. The molecular formula is C4H10F5N4OP3. The van der Waals surface area contributed by atoms with Crippen molar-refractivity contribution in [3.63, 3.8) is 0 Å². The summed E-state index contributed by atoms with van der Waals surface area (Å²) in [6.07, 6.45) is 0. The SMILES string of the molecule is COCCN(C)P1(F)=NP(F)(F)=NP(F)(F)=N1. The van der Waals surface area contributed by atoms with E-state index in [-0.39, 0.29) is 13.2 Å². The van der Waals surface area contributed by atoms with E-state index in [0.717, 1.165) is 7.05 Å². The Morgan fingerprint density at radius 2 is 1.53 bits per heavy atom. The first-order valence-electron chi connectivity index (χ1n) is 4.21. The Bertz CT molecular complexity index is 447. The highest BCUT2D eigenvalue weighted by Gasteiger charge is 2.41. The van der Waals surface area contributed by atoms with Gasteiger partial charge in [-0.2, -0.15) is 4.20 Å². The normalized spacial score (nSPS) is 30.4. The molecule has 0 aromatic rings. The lowest BCUT2D eigenvalue weighted by molar-refractivity contribution is 0.185. The summed E-state index contributed by atoms with van der Waals surface area (Å²) in [6.45, 7) is -0.161. The molecule has 17 heavy (non-hydrogen) atoms. The van der Waals surface area contributed by atoms with Crippen molar-refractivity contribution in [1.82, 2.24) is 4.67 Å². The molecule has 1 aliphatic heterocycles. The van der Waals surface area contributed by atoms with Gasteiger partial charge in [-0.15, -0.1) is 30.3 Å². The maximum Gasteiger partial charge on any atom is 0.424 e. The number of hydrogen-bond donors (Lipinski definition) is 0. The first-order valence-corrected chi connectivity index (χ1v) is 8.70. The minimum Gasteiger partial charge on any atom is -0.383 e. The van der Waals surface area contributed by atoms with Gasteiger partial charge in [0, 0.05) is 13.7 Å². The number of likely N-dealkylation sites (N-methyl/N-ethyl adjacent to an activating group) is 1. The molecule has 13 heteroatoms. The molecule has 1 heterocycles. The van der Waals surface area contributed by atoms with Crippen LogP contribution >= 0.6 is 23.3 Å². The smallest absolute Gasteiger partial charge is 0.383 e. The van der Waals surface area contributed by atoms with Crippen LogP contribution in [0.3, 0.4) is 0 Å². The molecule has 0 N–H and O–H groups in total. The molecule has 1 aliphatic rings. The Morgan fingerprint density at radius 1 is 1.00 bits per heavy atom. The fourth-order valence-corrected chi connectivity index (χ4v) is 6.99. The van der Waals surface area contributed by atoms with Crippen molar-refractivity contribution >= 4 is 23.3 Å². The largest absolute Gasteiger partial charge is 0.424 e. The molecule has 0 aliphatic carbocycles. The van der Waals surface area contributed by atoms with Crippen molar-refractivity contribution in [3.8, 4) is 0 Å². The van der Waals surface area contributed by atoms with Gasteiger partial charge >= 0.3 is 23.3 Å². The van der Waals surface area contributed by atoms with Crippen molar-refractivity contribution in [2.75, 3.05) is 27.3 Å². The molecule has 5 nitrogen and oxygen atoms in total. The second-order valence-electron chi connectivity index (χ2n) is 3.05. The highest BCUT2D eigenvalue weighted by Crippen LogP contribution is 2.82. The van der Waals surface area contributed by atoms with Crippen LogP contribution in [-0.4, -0.2) is 32.0 Å². The Morgan fingerprint density at radius 3 is 2.00 bits per heavy atom. The Hall–Kier alpha value is 0.260. The first kappa shape index (κ1) is 15.3. The highest BCUT2D eigenvalue weighted by atomic mass is 31.3. The molecule has 1 rings (SSSR count).